The summed E-state index contributed by atoms with van der Waals surface area (Å²) in [4.78, 5) is 8.36. The van der Waals surface area contributed by atoms with Crippen molar-refractivity contribution in [3.63, 3.8) is 0 Å². The fourth-order valence-electron chi connectivity index (χ4n) is 2.11. The number of anilines is 1. The van der Waals surface area contributed by atoms with Crippen molar-refractivity contribution < 1.29 is 4.39 Å². The summed E-state index contributed by atoms with van der Waals surface area (Å²) in [6, 6.07) is 10.1. The third-order valence-electron chi connectivity index (χ3n) is 3.21. The molecule has 1 heterocycles. The molecule has 0 saturated carbocycles. The van der Waals surface area contributed by atoms with Crippen molar-refractivity contribution in [3.8, 4) is 0 Å². The van der Waals surface area contributed by atoms with Gasteiger partial charge in [0.25, 0.3) is 0 Å². The van der Waals surface area contributed by atoms with Crippen LogP contribution in [0.2, 0.25) is 5.02 Å². The van der Waals surface area contributed by atoms with E-state index in [1.54, 1.807) is 24.4 Å². The van der Waals surface area contributed by atoms with Gasteiger partial charge in [0.2, 0.25) is 0 Å². The van der Waals surface area contributed by atoms with Crippen LogP contribution in [-0.4, -0.2) is 17.5 Å². The van der Waals surface area contributed by atoms with Crippen LogP contribution in [0, 0.1) is 5.82 Å². The lowest BCUT2D eigenvalue weighted by Crippen LogP contribution is -2.29. The Labute approximate surface area is 134 Å². The zero-order chi connectivity index (χ0) is 16.2. The van der Waals surface area contributed by atoms with Crippen LogP contribution in [-0.2, 0) is 5.41 Å². The highest BCUT2D eigenvalue weighted by Gasteiger charge is 2.26. The second-order valence-corrected chi connectivity index (χ2v) is 5.93. The summed E-state index contributed by atoms with van der Waals surface area (Å²) in [5.74, 6) is 0.480. The van der Waals surface area contributed by atoms with Crippen LogP contribution in [0.4, 0.5) is 10.2 Å². The Morgan fingerprint density at radius 3 is 2.73 bits per heavy atom. The molecule has 4 nitrogen and oxygen atoms in total. The summed E-state index contributed by atoms with van der Waals surface area (Å²) in [6.07, 6.45) is 1.65. The van der Waals surface area contributed by atoms with E-state index in [2.05, 4.69) is 15.3 Å². The molecule has 0 fully saturated rings. The summed E-state index contributed by atoms with van der Waals surface area (Å²) >= 11 is 6.11. The van der Waals surface area contributed by atoms with Crippen LogP contribution < -0.4 is 11.1 Å². The number of guanidine groups is 1. The van der Waals surface area contributed by atoms with Gasteiger partial charge >= 0.3 is 0 Å². The average Bonchev–Trinajstić information content (AvgIpc) is 2.46. The molecule has 0 amide bonds. The van der Waals surface area contributed by atoms with Gasteiger partial charge in [-0.15, -0.1) is 0 Å². The number of nitrogens with one attached hydrogen (secondary N) is 1. The van der Waals surface area contributed by atoms with Crippen molar-refractivity contribution in [2.75, 3.05) is 11.9 Å². The molecule has 0 aliphatic heterocycles. The fraction of sp³-hybridized carbons (Fsp3) is 0.250. The molecule has 0 bridgehead atoms. The molecule has 0 unspecified atom stereocenters. The van der Waals surface area contributed by atoms with Crippen molar-refractivity contribution in [1.29, 1.82) is 0 Å². The smallest absolute Gasteiger partial charge is 0.194 e. The van der Waals surface area contributed by atoms with Crippen LogP contribution in [0.5, 0.6) is 0 Å². The van der Waals surface area contributed by atoms with E-state index in [0.717, 1.165) is 0 Å². The van der Waals surface area contributed by atoms with Crippen molar-refractivity contribution in [1.82, 2.24) is 4.98 Å². The molecule has 6 heteroatoms. The number of nitrogens with zero attached hydrogens (tertiary/aromatic N) is 2. The lowest BCUT2D eigenvalue weighted by Gasteiger charge is -2.25. The zero-order valence-electron chi connectivity index (χ0n) is 12.5. The molecular weight excluding hydrogens is 303 g/mol. The molecule has 1 aromatic heterocycles. The van der Waals surface area contributed by atoms with E-state index < -0.39 is 5.41 Å². The van der Waals surface area contributed by atoms with Crippen LogP contribution in [0.15, 0.2) is 47.6 Å². The number of hydrogen-bond acceptors (Lipinski definition) is 2. The molecule has 22 heavy (non-hydrogen) atoms. The number of hydrogen-bond donors (Lipinski definition) is 2. The van der Waals surface area contributed by atoms with Crippen LogP contribution in [0.25, 0.3) is 0 Å². The Morgan fingerprint density at radius 2 is 2.09 bits per heavy atom. The Morgan fingerprint density at radius 1 is 1.32 bits per heavy atom. The average molecular weight is 321 g/mol. The van der Waals surface area contributed by atoms with Crippen LogP contribution in [0.1, 0.15) is 19.4 Å². The Bertz CT molecular complexity index is 651. The highest BCUT2D eigenvalue weighted by molar-refractivity contribution is 6.31. The highest BCUT2D eigenvalue weighted by Crippen LogP contribution is 2.32. The Balaban J connectivity index is 2.13. The highest BCUT2D eigenvalue weighted by atomic mass is 35.5. The van der Waals surface area contributed by atoms with Gasteiger partial charge < -0.3 is 11.1 Å². The minimum Gasteiger partial charge on any atom is -0.370 e. The molecule has 0 atom stereocenters. The topological polar surface area (TPSA) is 63.3 Å². The van der Waals surface area contributed by atoms with E-state index in [1.807, 2.05) is 26.0 Å². The molecule has 0 aliphatic rings. The number of rotatable bonds is 4. The number of aliphatic imine (C=N–C) groups is 1. The third-order valence-corrected chi connectivity index (χ3v) is 3.52. The van der Waals surface area contributed by atoms with E-state index in [1.165, 1.54) is 6.07 Å². The maximum absolute atomic E-state index is 14.0. The van der Waals surface area contributed by atoms with Gasteiger partial charge in [-0.25, -0.2) is 9.37 Å². The Kier molecular flexibility index (Phi) is 4.98. The zero-order valence-corrected chi connectivity index (χ0v) is 13.2. The van der Waals surface area contributed by atoms with Crippen molar-refractivity contribution in [3.05, 3.63) is 59.0 Å². The van der Waals surface area contributed by atoms with E-state index in [4.69, 9.17) is 17.3 Å². The number of benzene rings is 1. The molecule has 116 valence electrons. The van der Waals surface area contributed by atoms with Crippen LogP contribution in [0.3, 0.4) is 0 Å². The number of nitrogens with two attached hydrogens (primary N) is 1. The molecule has 0 saturated heterocycles. The Hall–Kier alpha value is -2.14. The standard InChI is InChI=1S/C16H18ClFN4/c1-16(2,14-11(17)6-5-7-12(14)18)10-21-15(19)22-13-8-3-4-9-20-13/h3-9H,10H2,1-2H3,(H3,19,20,21,22). The predicted molar refractivity (Wildman–Crippen MR) is 88.8 cm³/mol. The van der Waals surface area contributed by atoms with Gasteiger partial charge in [0, 0.05) is 22.2 Å². The molecule has 3 N–H and O–H groups in total. The second kappa shape index (κ2) is 6.75. The maximum Gasteiger partial charge on any atom is 0.194 e. The van der Waals surface area contributed by atoms with Crippen LogP contribution >= 0.6 is 11.6 Å². The lowest BCUT2D eigenvalue weighted by molar-refractivity contribution is 0.494. The lowest BCUT2D eigenvalue weighted by atomic mass is 9.84. The predicted octanol–water partition coefficient (Wildman–Crippen LogP) is 3.58. The van der Waals surface area contributed by atoms with Gasteiger partial charge in [-0.3, -0.25) is 4.99 Å². The normalized spacial score (nSPS) is 12.3. The maximum atomic E-state index is 14.0. The summed E-state index contributed by atoms with van der Waals surface area (Å²) in [5, 5.41) is 3.27. The van der Waals surface area contributed by atoms with Gasteiger partial charge in [-0.1, -0.05) is 37.6 Å². The first-order valence-electron chi connectivity index (χ1n) is 6.82. The molecule has 0 radical (unpaired) electrons. The van der Waals surface area contributed by atoms with E-state index >= 15 is 0 Å². The summed E-state index contributed by atoms with van der Waals surface area (Å²) in [6.45, 7) is 4.03. The third kappa shape index (κ3) is 3.95. The largest absolute Gasteiger partial charge is 0.370 e. The van der Waals surface area contributed by atoms with Crippen molar-refractivity contribution in [2.24, 2.45) is 10.7 Å². The molecule has 2 aromatic rings. The first-order valence-corrected chi connectivity index (χ1v) is 7.20. The monoisotopic (exact) mass is 320 g/mol. The SMILES string of the molecule is CC(C)(CN=C(N)Nc1ccccn1)c1c(F)cccc1Cl. The first kappa shape index (κ1) is 16.2. The number of halogens is 2. The van der Waals surface area contributed by atoms with E-state index in [0.29, 0.717) is 22.9 Å². The summed E-state index contributed by atoms with van der Waals surface area (Å²) in [7, 11) is 0. The second-order valence-electron chi connectivity index (χ2n) is 5.52. The summed E-state index contributed by atoms with van der Waals surface area (Å²) < 4.78 is 14.0. The minimum absolute atomic E-state index is 0.222. The van der Waals surface area contributed by atoms with Crippen molar-refractivity contribution >= 4 is 23.4 Å². The van der Waals surface area contributed by atoms with Gasteiger partial charge in [0.15, 0.2) is 5.96 Å². The summed E-state index contributed by atoms with van der Waals surface area (Å²) in [5.41, 5.74) is 5.69. The van der Waals surface area contributed by atoms with Gasteiger partial charge in [0.1, 0.15) is 11.6 Å². The van der Waals surface area contributed by atoms with Gasteiger partial charge in [0.05, 0.1) is 6.54 Å². The molecule has 0 spiro atoms. The fourth-order valence-corrected chi connectivity index (χ4v) is 2.53. The number of pyridine rings is 1. The quantitative estimate of drug-likeness (QED) is 0.668. The molecule has 2 rings (SSSR count). The van der Waals surface area contributed by atoms with Crippen molar-refractivity contribution in [2.45, 2.75) is 19.3 Å². The van der Waals surface area contributed by atoms with Gasteiger partial charge in [-0.2, -0.15) is 0 Å². The van der Waals surface area contributed by atoms with E-state index in [-0.39, 0.29) is 11.8 Å². The first-order chi connectivity index (χ1) is 10.4. The van der Waals surface area contributed by atoms with Gasteiger partial charge in [-0.05, 0) is 24.3 Å². The van der Waals surface area contributed by atoms with E-state index in [9.17, 15) is 4.39 Å². The minimum atomic E-state index is -0.584. The molecule has 1 aromatic carbocycles. The number of aromatic nitrogens is 1. The molecular formula is C16H18ClFN4. The molecule has 0 aliphatic carbocycles.